The number of carboxylic acid groups (broad SMARTS) is 1. The third kappa shape index (κ3) is 2.38. The molecule has 0 fully saturated rings. The molecule has 5 nitrogen and oxygen atoms in total. The van der Waals surface area contributed by atoms with Gasteiger partial charge < -0.3 is 15.4 Å². The molecule has 3 N–H and O–H groups in total. The number of anilines is 1. The third-order valence-electron chi connectivity index (χ3n) is 2.10. The molecule has 1 heterocycles. The van der Waals surface area contributed by atoms with Crippen LogP contribution >= 0.6 is 0 Å². The Morgan fingerprint density at radius 2 is 2.44 bits per heavy atom. The predicted molar refractivity (Wildman–Crippen MR) is 61.4 cm³/mol. The average Bonchev–Trinajstić information content (AvgIpc) is 2.71. The maximum absolute atomic E-state index is 10.2. The van der Waals surface area contributed by atoms with E-state index in [-0.39, 0.29) is 0 Å². The lowest BCUT2D eigenvalue weighted by molar-refractivity contribution is -0.131. The molecule has 0 spiro atoms. The molecule has 2 rings (SSSR count). The first-order valence-electron chi connectivity index (χ1n) is 4.82. The quantitative estimate of drug-likeness (QED) is 0.680. The highest BCUT2D eigenvalue weighted by molar-refractivity contribution is 5.80. The minimum absolute atomic E-state index is 0.478. The number of aliphatic carboxylic acids is 1. The molecule has 0 amide bonds. The van der Waals surface area contributed by atoms with E-state index in [4.69, 9.17) is 5.11 Å². The van der Waals surface area contributed by atoms with Gasteiger partial charge in [0.05, 0.1) is 17.4 Å². The number of aromatic nitrogens is 2. The normalized spacial score (nSPS) is 11.0. The SMILES string of the molecule is O=C(O)/C=C/CNc1ccc2nc[nH]c2c1. The maximum Gasteiger partial charge on any atom is 0.328 e. The van der Waals surface area contributed by atoms with Crippen molar-refractivity contribution in [1.82, 2.24) is 9.97 Å². The molecule has 1 aromatic carbocycles. The summed E-state index contributed by atoms with van der Waals surface area (Å²) in [6.45, 7) is 0.478. The monoisotopic (exact) mass is 217 g/mol. The smallest absolute Gasteiger partial charge is 0.328 e. The van der Waals surface area contributed by atoms with Crippen LogP contribution in [0.2, 0.25) is 0 Å². The summed E-state index contributed by atoms with van der Waals surface area (Å²) in [5.74, 6) is -0.939. The van der Waals surface area contributed by atoms with Gasteiger partial charge in [-0.25, -0.2) is 9.78 Å². The number of carboxylic acids is 1. The van der Waals surface area contributed by atoms with Gasteiger partial charge in [-0.15, -0.1) is 0 Å². The van der Waals surface area contributed by atoms with Gasteiger partial charge in [0.2, 0.25) is 0 Å². The zero-order valence-electron chi connectivity index (χ0n) is 8.47. The van der Waals surface area contributed by atoms with Crippen molar-refractivity contribution in [1.29, 1.82) is 0 Å². The van der Waals surface area contributed by atoms with Crippen LogP contribution in [0.4, 0.5) is 5.69 Å². The van der Waals surface area contributed by atoms with Gasteiger partial charge in [-0.1, -0.05) is 6.08 Å². The highest BCUT2D eigenvalue weighted by Crippen LogP contribution is 2.15. The fourth-order valence-corrected chi connectivity index (χ4v) is 1.38. The van der Waals surface area contributed by atoms with Crippen LogP contribution in [0.5, 0.6) is 0 Å². The number of hydrogen-bond acceptors (Lipinski definition) is 3. The van der Waals surface area contributed by atoms with E-state index < -0.39 is 5.97 Å². The van der Waals surface area contributed by atoms with E-state index in [1.807, 2.05) is 18.2 Å². The third-order valence-corrected chi connectivity index (χ3v) is 2.10. The van der Waals surface area contributed by atoms with Gasteiger partial charge >= 0.3 is 5.97 Å². The van der Waals surface area contributed by atoms with Crippen molar-refractivity contribution >= 4 is 22.7 Å². The highest BCUT2D eigenvalue weighted by atomic mass is 16.4. The van der Waals surface area contributed by atoms with Crippen molar-refractivity contribution in [3.05, 3.63) is 36.7 Å². The molecule has 2 aromatic rings. The fourth-order valence-electron chi connectivity index (χ4n) is 1.38. The van der Waals surface area contributed by atoms with Crippen LogP contribution in [0.15, 0.2) is 36.7 Å². The lowest BCUT2D eigenvalue weighted by atomic mass is 10.3. The average molecular weight is 217 g/mol. The van der Waals surface area contributed by atoms with E-state index >= 15 is 0 Å². The minimum atomic E-state index is -0.939. The number of benzene rings is 1. The van der Waals surface area contributed by atoms with E-state index in [0.29, 0.717) is 6.54 Å². The predicted octanol–water partition coefficient (Wildman–Crippen LogP) is 1.62. The Kier molecular flexibility index (Phi) is 2.86. The van der Waals surface area contributed by atoms with E-state index in [2.05, 4.69) is 15.3 Å². The van der Waals surface area contributed by atoms with Gasteiger partial charge in [0.25, 0.3) is 0 Å². The zero-order valence-corrected chi connectivity index (χ0v) is 8.47. The number of carbonyl (C=O) groups is 1. The number of hydrogen-bond donors (Lipinski definition) is 3. The van der Waals surface area contributed by atoms with E-state index in [0.717, 1.165) is 22.8 Å². The lowest BCUT2D eigenvalue weighted by Crippen LogP contribution is -1.99. The van der Waals surface area contributed by atoms with Crippen LogP contribution in [0.25, 0.3) is 11.0 Å². The summed E-state index contributed by atoms with van der Waals surface area (Å²) in [5, 5.41) is 11.5. The standard InChI is InChI=1S/C11H11N3O2/c15-11(16)2-1-5-12-8-3-4-9-10(6-8)14-7-13-9/h1-4,6-7,12H,5H2,(H,13,14)(H,15,16)/b2-1+. The molecule has 0 atom stereocenters. The number of fused-ring (bicyclic) bond motifs is 1. The summed E-state index contributed by atoms with van der Waals surface area (Å²) < 4.78 is 0. The van der Waals surface area contributed by atoms with Gasteiger partial charge in [-0.2, -0.15) is 0 Å². The Morgan fingerprint density at radius 1 is 1.56 bits per heavy atom. The Balaban J connectivity index is 2.01. The summed E-state index contributed by atoms with van der Waals surface area (Å²) >= 11 is 0. The van der Waals surface area contributed by atoms with Gasteiger partial charge in [0.1, 0.15) is 0 Å². The molecule has 5 heteroatoms. The van der Waals surface area contributed by atoms with Crippen LogP contribution in [-0.2, 0) is 4.79 Å². The molecule has 0 unspecified atom stereocenters. The van der Waals surface area contributed by atoms with Gasteiger partial charge in [0.15, 0.2) is 0 Å². The van der Waals surface area contributed by atoms with Gasteiger partial charge in [-0.3, -0.25) is 0 Å². The van der Waals surface area contributed by atoms with E-state index in [9.17, 15) is 4.79 Å². The largest absolute Gasteiger partial charge is 0.478 e. The summed E-state index contributed by atoms with van der Waals surface area (Å²) in [7, 11) is 0. The van der Waals surface area contributed by atoms with Crippen molar-refractivity contribution in [2.75, 3.05) is 11.9 Å². The van der Waals surface area contributed by atoms with Crippen LogP contribution in [0.3, 0.4) is 0 Å². The summed E-state index contributed by atoms with van der Waals surface area (Å²) in [5.41, 5.74) is 2.78. The first-order valence-corrected chi connectivity index (χ1v) is 4.82. The Bertz CT molecular complexity index is 531. The highest BCUT2D eigenvalue weighted by Gasteiger charge is 1.96. The van der Waals surface area contributed by atoms with Crippen LogP contribution < -0.4 is 5.32 Å². The van der Waals surface area contributed by atoms with Crippen molar-refractivity contribution < 1.29 is 9.90 Å². The Morgan fingerprint density at radius 3 is 3.25 bits per heavy atom. The molecule has 16 heavy (non-hydrogen) atoms. The minimum Gasteiger partial charge on any atom is -0.478 e. The van der Waals surface area contributed by atoms with Crippen LogP contribution in [0.1, 0.15) is 0 Å². The molecule has 82 valence electrons. The molecule has 0 aliphatic heterocycles. The van der Waals surface area contributed by atoms with Crippen molar-refractivity contribution in [3.63, 3.8) is 0 Å². The van der Waals surface area contributed by atoms with E-state index in [1.54, 1.807) is 12.4 Å². The molecule has 0 aliphatic carbocycles. The van der Waals surface area contributed by atoms with E-state index in [1.165, 1.54) is 0 Å². The molecule has 0 radical (unpaired) electrons. The second-order valence-corrected chi connectivity index (χ2v) is 3.26. The van der Waals surface area contributed by atoms with Crippen molar-refractivity contribution in [2.45, 2.75) is 0 Å². The van der Waals surface area contributed by atoms with Crippen molar-refractivity contribution in [2.24, 2.45) is 0 Å². The zero-order chi connectivity index (χ0) is 11.4. The topological polar surface area (TPSA) is 78.0 Å². The molecule has 1 aromatic heterocycles. The molecular formula is C11H11N3O2. The Hall–Kier alpha value is -2.30. The summed E-state index contributed by atoms with van der Waals surface area (Å²) in [4.78, 5) is 17.3. The number of nitrogens with zero attached hydrogens (tertiary/aromatic N) is 1. The first-order chi connectivity index (χ1) is 7.75. The Labute approximate surface area is 91.8 Å². The summed E-state index contributed by atoms with van der Waals surface area (Å²) in [6.07, 6.45) is 4.31. The molecule has 0 aliphatic rings. The molecule has 0 bridgehead atoms. The van der Waals surface area contributed by atoms with Crippen molar-refractivity contribution in [3.8, 4) is 0 Å². The molecule has 0 saturated heterocycles. The summed E-state index contributed by atoms with van der Waals surface area (Å²) in [6, 6.07) is 5.73. The van der Waals surface area contributed by atoms with Gasteiger partial charge in [-0.05, 0) is 18.2 Å². The number of nitrogens with one attached hydrogen (secondary N) is 2. The lowest BCUT2D eigenvalue weighted by Gasteiger charge is -2.02. The number of aromatic amines is 1. The number of H-pyrrole nitrogens is 1. The fraction of sp³-hybridized carbons (Fsp3) is 0.0909. The maximum atomic E-state index is 10.2. The van der Waals surface area contributed by atoms with Gasteiger partial charge in [0, 0.05) is 18.3 Å². The van der Waals surface area contributed by atoms with Crippen LogP contribution in [0, 0.1) is 0 Å². The second kappa shape index (κ2) is 4.48. The first kappa shape index (κ1) is 10.2. The number of imidazole rings is 1. The molecular weight excluding hydrogens is 206 g/mol. The second-order valence-electron chi connectivity index (χ2n) is 3.26. The van der Waals surface area contributed by atoms with Crippen LogP contribution in [-0.4, -0.2) is 27.6 Å². The molecule has 0 saturated carbocycles. The number of rotatable bonds is 4.